The number of allylic oxidation sites excluding steroid dienone is 1. The minimum Gasteiger partial charge on any atom is -0.493 e. The van der Waals surface area contributed by atoms with Gasteiger partial charge in [0.05, 0.1) is 19.8 Å². The van der Waals surface area contributed by atoms with E-state index in [9.17, 15) is 4.79 Å². The maximum atomic E-state index is 11.5. The van der Waals surface area contributed by atoms with Crippen molar-refractivity contribution in [2.24, 2.45) is 0 Å². The third-order valence-electron chi connectivity index (χ3n) is 4.01. The molecule has 0 aliphatic heterocycles. The molecule has 1 aromatic carbocycles. The molecule has 0 unspecified atom stereocenters. The van der Waals surface area contributed by atoms with Crippen LogP contribution in [-0.2, 0) is 15.9 Å². The lowest BCUT2D eigenvalue weighted by Crippen LogP contribution is -2.12. The van der Waals surface area contributed by atoms with Crippen molar-refractivity contribution in [3.05, 3.63) is 47.3 Å². The topological polar surface area (TPSA) is 130 Å². The molecule has 0 saturated carbocycles. The molecule has 0 aliphatic rings. The molecule has 10 nitrogen and oxygen atoms in total. The Morgan fingerprint density at radius 3 is 2.43 bits per heavy atom. The number of rotatable bonds is 7. The first-order valence-electron chi connectivity index (χ1n) is 9.57. The SMILES string of the molecule is C/C=C(\OC)c1nc2nc(NCCc3ccc(C(=O)OC)cc3)nc(N)n2n1.CC. The molecule has 10 heteroatoms. The van der Waals surface area contributed by atoms with Gasteiger partial charge in [0.1, 0.15) is 0 Å². The van der Waals surface area contributed by atoms with Gasteiger partial charge in [-0.1, -0.05) is 26.0 Å². The van der Waals surface area contributed by atoms with E-state index in [2.05, 4.69) is 30.1 Å². The van der Waals surface area contributed by atoms with Gasteiger partial charge < -0.3 is 20.5 Å². The largest absolute Gasteiger partial charge is 0.493 e. The number of nitrogen functional groups attached to an aromatic ring is 1. The number of nitrogens with one attached hydrogen (secondary N) is 1. The van der Waals surface area contributed by atoms with Gasteiger partial charge >= 0.3 is 5.97 Å². The zero-order valence-electron chi connectivity index (χ0n) is 17.8. The fourth-order valence-corrected chi connectivity index (χ4v) is 2.57. The summed E-state index contributed by atoms with van der Waals surface area (Å²) in [5, 5.41) is 7.37. The molecule has 3 rings (SSSR count). The van der Waals surface area contributed by atoms with E-state index in [1.165, 1.54) is 11.6 Å². The van der Waals surface area contributed by atoms with Gasteiger partial charge in [-0.25, -0.2) is 4.79 Å². The number of ether oxygens (including phenoxy) is 2. The van der Waals surface area contributed by atoms with E-state index in [1.807, 2.05) is 32.9 Å². The van der Waals surface area contributed by atoms with Gasteiger partial charge in [-0.05, 0) is 37.1 Å². The van der Waals surface area contributed by atoms with E-state index >= 15 is 0 Å². The minimum atomic E-state index is -0.357. The number of anilines is 2. The standard InChI is InChI=1S/C18H21N7O3.C2H6/c1-4-13(27-2)14-21-18-23-17(22-16(19)25(18)24-14)20-10-9-11-5-7-12(8-6-11)15(26)28-3;1-2/h4-8H,9-10H2,1-3H3,(H3,19,20,21,22,23,24);1-2H3/b13-4-;. The van der Waals surface area contributed by atoms with Crippen LogP contribution in [0, 0.1) is 0 Å². The van der Waals surface area contributed by atoms with Crippen LogP contribution in [0.15, 0.2) is 30.3 Å². The maximum Gasteiger partial charge on any atom is 0.337 e. The van der Waals surface area contributed by atoms with E-state index in [0.29, 0.717) is 41.8 Å². The Hall–Kier alpha value is -3.69. The van der Waals surface area contributed by atoms with Gasteiger partial charge in [0.2, 0.25) is 17.7 Å². The van der Waals surface area contributed by atoms with Gasteiger partial charge in [0.25, 0.3) is 5.78 Å². The summed E-state index contributed by atoms with van der Waals surface area (Å²) < 4.78 is 11.3. The van der Waals surface area contributed by atoms with Crippen LogP contribution in [-0.4, -0.2) is 51.3 Å². The van der Waals surface area contributed by atoms with Crippen LogP contribution in [0.2, 0.25) is 0 Å². The Morgan fingerprint density at radius 2 is 1.83 bits per heavy atom. The maximum absolute atomic E-state index is 11.5. The molecule has 0 aliphatic carbocycles. The van der Waals surface area contributed by atoms with Crippen LogP contribution in [0.1, 0.15) is 42.5 Å². The smallest absolute Gasteiger partial charge is 0.337 e. The Labute approximate surface area is 175 Å². The van der Waals surface area contributed by atoms with Crippen molar-refractivity contribution >= 4 is 29.4 Å². The first-order valence-corrected chi connectivity index (χ1v) is 9.57. The number of fused-ring (bicyclic) bond motifs is 1. The summed E-state index contributed by atoms with van der Waals surface area (Å²) in [5.74, 6) is 1.39. The zero-order valence-corrected chi connectivity index (χ0v) is 17.8. The van der Waals surface area contributed by atoms with Crippen molar-refractivity contribution in [3.63, 3.8) is 0 Å². The number of hydrogen-bond donors (Lipinski definition) is 2. The average Bonchev–Trinajstić information content (AvgIpc) is 3.20. The van der Waals surface area contributed by atoms with Crippen molar-refractivity contribution in [3.8, 4) is 0 Å². The highest BCUT2D eigenvalue weighted by atomic mass is 16.5. The van der Waals surface area contributed by atoms with Crippen LogP contribution >= 0.6 is 0 Å². The molecule has 160 valence electrons. The third-order valence-corrected chi connectivity index (χ3v) is 4.01. The number of nitrogens with zero attached hydrogens (tertiary/aromatic N) is 5. The quantitative estimate of drug-likeness (QED) is 0.443. The van der Waals surface area contributed by atoms with E-state index in [-0.39, 0.29) is 11.9 Å². The molecule has 0 amide bonds. The normalized spacial score (nSPS) is 10.9. The molecule has 3 N–H and O–H groups in total. The molecule has 0 radical (unpaired) electrons. The molecular formula is C20H27N7O3. The van der Waals surface area contributed by atoms with E-state index in [0.717, 1.165) is 5.56 Å². The summed E-state index contributed by atoms with van der Waals surface area (Å²) >= 11 is 0. The van der Waals surface area contributed by atoms with Crippen molar-refractivity contribution in [1.82, 2.24) is 24.6 Å². The zero-order chi connectivity index (χ0) is 22.1. The molecule has 2 aromatic heterocycles. The summed E-state index contributed by atoms with van der Waals surface area (Å²) in [5.41, 5.74) is 7.53. The number of aromatic nitrogens is 5. The van der Waals surface area contributed by atoms with Gasteiger partial charge in [-0.2, -0.15) is 19.5 Å². The summed E-state index contributed by atoms with van der Waals surface area (Å²) in [7, 11) is 2.90. The van der Waals surface area contributed by atoms with Crippen LogP contribution in [0.5, 0.6) is 0 Å². The van der Waals surface area contributed by atoms with Gasteiger partial charge in [0, 0.05) is 6.54 Å². The van der Waals surface area contributed by atoms with Crippen LogP contribution in [0.3, 0.4) is 0 Å². The third kappa shape index (κ3) is 5.22. The van der Waals surface area contributed by atoms with E-state index < -0.39 is 0 Å². The number of methoxy groups -OCH3 is 2. The molecule has 0 bridgehead atoms. The second-order valence-corrected chi connectivity index (χ2v) is 5.77. The molecule has 30 heavy (non-hydrogen) atoms. The Kier molecular flexibility index (Phi) is 8.09. The number of carbonyl (C=O) groups excluding carboxylic acids is 1. The van der Waals surface area contributed by atoms with Gasteiger partial charge in [0.15, 0.2) is 5.76 Å². The molecule has 0 spiro atoms. The second-order valence-electron chi connectivity index (χ2n) is 5.77. The number of esters is 1. The first-order chi connectivity index (χ1) is 14.5. The Balaban J connectivity index is 0.00000155. The fourth-order valence-electron chi connectivity index (χ4n) is 2.57. The Bertz CT molecular complexity index is 1010. The van der Waals surface area contributed by atoms with Crippen LogP contribution in [0.25, 0.3) is 11.5 Å². The monoisotopic (exact) mass is 413 g/mol. The van der Waals surface area contributed by atoms with Gasteiger partial charge in [-0.15, -0.1) is 5.10 Å². The summed E-state index contributed by atoms with van der Waals surface area (Å²) in [6, 6.07) is 7.21. The highest BCUT2D eigenvalue weighted by Gasteiger charge is 2.13. The number of benzene rings is 1. The van der Waals surface area contributed by atoms with Crippen molar-refractivity contribution in [2.45, 2.75) is 27.2 Å². The average molecular weight is 413 g/mol. The predicted molar refractivity (Wildman–Crippen MR) is 115 cm³/mol. The lowest BCUT2D eigenvalue weighted by atomic mass is 10.1. The molecule has 0 saturated heterocycles. The Morgan fingerprint density at radius 1 is 1.13 bits per heavy atom. The second kappa shape index (κ2) is 10.7. The first kappa shape index (κ1) is 22.6. The highest BCUT2D eigenvalue weighted by Crippen LogP contribution is 2.14. The summed E-state index contributed by atoms with van der Waals surface area (Å²) in [6.07, 6.45) is 2.46. The molecule has 0 fully saturated rings. The van der Waals surface area contributed by atoms with Crippen molar-refractivity contribution < 1.29 is 14.3 Å². The molecule has 3 aromatic rings. The fraction of sp³-hybridized carbons (Fsp3) is 0.350. The van der Waals surface area contributed by atoms with Gasteiger partial charge in [-0.3, -0.25) is 0 Å². The number of carbonyl (C=O) groups is 1. The summed E-state index contributed by atoms with van der Waals surface area (Å²) in [4.78, 5) is 24.3. The van der Waals surface area contributed by atoms with Crippen LogP contribution in [0.4, 0.5) is 11.9 Å². The number of nitrogens with two attached hydrogens (primary N) is 1. The summed E-state index contributed by atoms with van der Waals surface area (Å²) in [6.45, 7) is 6.40. The van der Waals surface area contributed by atoms with Crippen molar-refractivity contribution in [1.29, 1.82) is 0 Å². The predicted octanol–water partition coefficient (Wildman–Crippen LogP) is 2.58. The van der Waals surface area contributed by atoms with E-state index in [1.54, 1.807) is 25.3 Å². The lowest BCUT2D eigenvalue weighted by molar-refractivity contribution is 0.0600. The molecule has 0 atom stereocenters. The lowest BCUT2D eigenvalue weighted by Gasteiger charge is -2.06. The van der Waals surface area contributed by atoms with E-state index in [4.69, 9.17) is 10.5 Å². The van der Waals surface area contributed by atoms with Crippen LogP contribution < -0.4 is 11.1 Å². The van der Waals surface area contributed by atoms with Crippen molar-refractivity contribution in [2.75, 3.05) is 31.8 Å². The minimum absolute atomic E-state index is 0.167. The number of hydrogen-bond acceptors (Lipinski definition) is 9. The molecule has 2 heterocycles. The highest BCUT2D eigenvalue weighted by molar-refractivity contribution is 5.89. The molecular weight excluding hydrogens is 386 g/mol.